The van der Waals surface area contributed by atoms with Gasteiger partial charge >= 0.3 is 0 Å². The predicted molar refractivity (Wildman–Crippen MR) is 68.1 cm³/mol. The van der Waals surface area contributed by atoms with E-state index in [1.165, 1.54) is 17.1 Å². The predicted octanol–water partition coefficient (Wildman–Crippen LogP) is 1.81. The monoisotopic (exact) mass is 346 g/mol. The summed E-state index contributed by atoms with van der Waals surface area (Å²) in [7, 11) is 1.63. The van der Waals surface area contributed by atoms with Gasteiger partial charge in [0.25, 0.3) is 5.91 Å². The van der Waals surface area contributed by atoms with Crippen LogP contribution in [0.5, 0.6) is 0 Å². The van der Waals surface area contributed by atoms with Crippen LogP contribution in [0.3, 0.4) is 0 Å². The standard InChI is InChI=1S/C10H8FIN4O/c1-16-10(13-5-14-16)15-9(17)8-6(11)3-2-4-7(8)12/h2-5H,1H3,(H,13,14,15,17). The normalized spacial score (nSPS) is 10.3. The van der Waals surface area contributed by atoms with Crippen LogP contribution in [-0.4, -0.2) is 20.7 Å². The number of carbonyl (C=O) groups is 1. The zero-order chi connectivity index (χ0) is 12.4. The molecule has 17 heavy (non-hydrogen) atoms. The van der Waals surface area contributed by atoms with Crippen molar-refractivity contribution in [3.63, 3.8) is 0 Å². The third kappa shape index (κ3) is 2.43. The SMILES string of the molecule is Cn1ncnc1NC(=O)c1c(F)cccc1I. The number of nitrogens with one attached hydrogen (secondary N) is 1. The Morgan fingerprint density at radius 2 is 2.29 bits per heavy atom. The van der Waals surface area contributed by atoms with Gasteiger partial charge in [0.15, 0.2) is 0 Å². The highest BCUT2D eigenvalue weighted by Crippen LogP contribution is 2.17. The highest BCUT2D eigenvalue weighted by atomic mass is 127. The number of halogens is 2. The van der Waals surface area contributed by atoms with Gasteiger partial charge in [-0.3, -0.25) is 10.1 Å². The maximum absolute atomic E-state index is 13.5. The lowest BCUT2D eigenvalue weighted by Gasteiger charge is -2.06. The van der Waals surface area contributed by atoms with Crippen molar-refractivity contribution in [2.45, 2.75) is 0 Å². The third-order valence-corrected chi connectivity index (χ3v) is 3.03. The van der Waals surface area contributed by atoms with Crippen molar-refractivity contribution in [3.05, 3.63) is 39.5 Å². The first-order valence-corrected chi connectivity index (χ1v) is 5.77. The van der Waals surface area contributed by atoms with E-state index in [1.54, 1.807) is 19.2 Å². The fraction of sp³-hybridized carbons (Fsp3) is 0.100. The van der Waals surface area contributed by atoms with Crippen molar-refractivity contribution in [1.82, 2.24) is 14.8 Å². The van der Waals surface area contributed by atoms with Gasteiger partial charge in [0.1, 0.15) is 12.1 Å². The Hall–Kier alpha value is -1.51. The van der Waals surface area contributed by atoms with Gasteiger partial charge in [-0.1, -0.05) is 6.07 Å². The second-order valence-corrected chi connectivity index (χ2v) is 4.42. The Morgan fingerprint density at radius 1 is 1.53 bits per heavy atom. The molecule has 1 amide bonds. The van der Waals surface area contributed by atoms with E-state index >= 15 is 0 Å². The quantitative estimate of drug-likeness (QED) is 0.844. The smallest absolute Gasteiger partial charge is 0.262 e. The second-order valence-electron chi connectivity index (χ2n) is 3.26. The van der Waals surface area contributed by atoms with Crippen LogP contribution in [0.1, 0.15) is 10.4 Å². The molecule has 0 aliphatic heterocycles. The molecule has 0 saturated carbocycles. The third-order valence-electron chi connectivity index (χ3n) is 2.13. The molecule has 0 saturated heterocycles. The summed E-state index contributed by atoms with van der Waals surface area (Å²) in [5.41, 5.74) is 0.0103. The molecular formula is C10H8FIN4O. The molecule has 0 spiro atoms. The highest BCUT2D eigenvalue weighted by Gasteiger charge is 2.16. The van der Waals surface area contributed by atoms with Crippen LogP contribution in [0.25, 0.3) is 0 Å². The minimum Gasteiger partial charge on any atom is -0.290 e. The van der Waals surface area contributed by atoms with Gasteiger partial charge in [-0.05, 0) is 34.7 Å². The Labute approximate surface area is 110 Å². The van der Waals surface area contributed by atoms with Crippen LogP contribution in [-0.2, 0) is 7.05 Å². The molecular weight excluding hydrogens is 338 g/mol. The van der Waals surface area contributed by atoms with E-state index in [0.29, 0.717) is 3.57 Å². The van der Waals surface area contributed by atoms with Crippen LogP contribution < -0.4 is 5.32 Å². The summed E-state index contributed by atoms with van der Waals surface area (Å²) in [4.78, 5) is 15.7. The number of amides is 1. The maximum atomic E-state index is 13.5. The number of hydrogen-bond acceptors (Lipinski definition) is 3. The molecule has 1 aromatic carbocycles. The molecule has 0 aliphatic carbocycles. The Morgan fingerprint density at radius 3 is 2.88 bits per heavy atom. The lowest BCUT2D eigenvalue weighted by molar-refractivity contribution is 0.102. The van der Waals surface area contributed by atoms with E-state index in [9.17, 15) is 9.18 Å². The fourth-order valence-corrected chi connectivity index (χ4v) is 2.00. The van der Waals surface area contributed by atoms with Crippen molar-refractivity contribution < 1.29 is 9.18 Å². The van der Waals surface area contributed by atoms with Gasteiger partial charge < -0.3 is 0 Å². The summed E-state index contributed by atoms with van der Waals surface area (Å²) < 4.78 is 15.5. The Kier molecular flexibility index (Phi) is 3.36. The van der Waals surface area contributed by atoms with Gasteiger partial charge in [-0.2, -0.15) is 10.1 Å². The molecule has 1 aromatic heterocycles. The summed E-state index contributed by atoms with van der Waals surface area (Å²) in [5, 5.41) is 6.30. The molecule has 0 unspecified atom stereocenters. The van der Waals surface area contributed by atoms with E-state index < -0.39 is 11.7 Å². The molecule has 1 N–H and O–H groups in total. The number of rotatable bonds is 2. The number of nitrogens with zero attached hydrogens (tertiary/aromatic N) is 3. The lowest BCUT2D eigenvalue weighted by Crippen LogP contribution is -2.18. The van der Waals surface area contributed by atoms with Crippen LogP contribution in [0, 0.1) is 9.39 Å². The van der Waals surface area contributed by atoms with E-state index in [4.69, 9.17) is 0 Å². The van der Waals surface area contributed by atoms with E-state index in [1.807, 2.05) is 22.6 Å². The Bertz CT molecular complexity index is 549. The van der Waals surface area contributed by atoms with Crippen LogP contribution in [0.4, 0.5) is 10.3 Å². The summed E-state index contributed by atoms with van der Waals surface area (Å²) in [5.74, 6) is -0.825. The molecule has 88 valence electrons. The topological polar surface area (TPSA) is 59.8 Å². The van der Waals surface area contributed by atoms with Gasteiger partial charge in [0.2, 0.25) is 5.95 Å². The van der Waals surface area contributed by atoms with Gasteiger partial charge in [0.05, 0.1) is 5.56 Å². The molecule has 2 rings (SSSR count). The van der Waals surface area contributed by atoms with Crippen LogP contribution in [0.15, 0.2) is 24.5 Å². The first-order valence-electron chi connectivity index (χ1n) is 4.69. The Balaban J connectivity index is 2.30. The number of benzene rings is 1. The molecule has 0 aliphatic rings. The lowest BCUT2D eigenvalue weighted by atomic mass is 10.2. The molecule has 0 radical (unpaired) electrons. The molecule has 1 heterocycles. The zero-order valence-electron chi connectivity index (χ0n) is 8.82. The minimum absolute atomic E-state index is 0.0103. The highest BCUT2D eigenvalue weighted by molar-refractivity contribution is 14.1. The van der Waals surface area contributed by atoms with Crippen LogP contribution in [0.2, 0.25) is 0 Å². The fourth-order valence-electron chi connectivity index (χ4n) is 1.29. The van der Waals surface area contributed by atoms with Crippen molar-refractivity contribution >= 4 is 34.4 Å². The average Bonchev–Trinajstić information content (AvgIpc) is 2.64. The second kappa shape index (κ2) is 4.78. The first-order chi connectivity index (χ1) is 8.09. The maximum Gasteiger partial charge on any atom is 0.262 e. The number of hydrogen-bond donors (Lipinski definition) is 1. The van der Waals surface area contributed by atoms with Crippen molar-refractivity contribution in [3.8, 4) is 0 Å². The van der Waals surface area contributed by atoms with Gasteiger partial charge in [-0.25, -0.2) is 9.07 Å². The number of aryl methyl sites for hydroxylation is 1. The van der Waals surface area contributed by atoms with Crippen molar-refractivity contribution in [2.24, 2.45) is 7.05 Å². The summed E-state index contributed by atoms with van der Waals surface area (Å²) in [6.45, 7) is 0. The van der Waals surface area contributed by atoms with Crippen LogP contribution >= 0.6 is 22.6 Å². The molecule has 2 aromatic rings. The van der Waals surface area contributed by atoms with E-state index in [0.717, 1.165) is 0 Å². The molecule has 0 bridgehead atoms. The number of anilines is 1. The zero-order valence-corrected chi connectivity index (χ0v) is 11.0. The summed E-state index contributed by atoms with van der Waals surface area (Å²) in [6, 6.07) is 4.46. The largest absolute Gasteiger partial charge is 0.290 e. The molecule has 7 heteroatoms. The number of carbonyl (C=O) groups excluding carboxylic acids is 1. The minimum atomic E-state index is -0.559. The summed E-state index contributed by atoms with van der Waals surface area (Å²) >= 11 is 1.91. The number of aromatic nitrogens is 3. The van der Waals surface area contributed by atoms with Crippen molar-refractivity contribution in [2.75, 3.05) is 5.32 Å². The first kappa shape index (κ1) is 12.0. The molecule has 0 atom stereocenters. The van der Waals surface area contributed by atoms with Crippen molar-refractivity contribution in [1.29, 1.82) is 0 Å². The van der Waals surface area contributed by atoms with Gasteiger partial charge in [0, 0.05) is 10.6 Å². The van der Waals surface area contributed by atoms with Gasteiger partial charge in [-0.15, -0.1) is 0 Å². The van der Waals surface area contributed by atoms with E-state index in [2.05, 4.69) is 15.4 Å². The molecule has 5 nitrogen and oxygen atoms in total. The summed E-state index contributed by atoms with van der Waals surface area (Å²) in [6.07, 6.45) is 1.31. The average molecular weight is 346 g/mol. The van der Waals surface area contributed by atoms with E-state index in [-0.39, 0.29) is 11.5 Å². The molecule has 0 fully saturated rings.